The largest absolute Gasteiger partial charge is 0.361 e. The summed E-state index contributed by atoms with van der Waals surface area (Å²) in [6, 6.07) is 0. The molecule has 0 atom stereocenters. The van der Waals surface area contributed by atoms with Crippen LogP contribution >= 0.6 is 11.3 Å². The van der Waals surface area contributed by atoms with Gasteiger partial charge in [-0.3, -0.25) is 10.1 Å². The first kappa shape index (κ1) is 10.6. The highest BCUT2D eigenvalue weighted by Gasteiger charge is 2.10. The minimum atomic E-state index is -0.447. The van der Waals surface area contributed by atoms with Gasteiger partial charge in [-0.25, -0.2) is 9.97 Å². The summed E-state index contributed by atoms with van der Waals surface area (Å²) < 4.78 is 0. The fourth-order valence-electron chi connectivity index (χ4n) is 1.16. The molecule has 0 saturated heterocycles. The lowest BCUT2D eigenvalue weighted by atomic mass is 10.3. The van der Waals surface area contributed by atoms with Crippen molar-refractivity contribution in [2.24, 2.45) is 0 Å². The van der Waals surface area contributed by atoms with Gasteiger partial charge in [-0.05, 0) is 11.3 Å². The Labute approximate surface area is 94.7 Å². The van der Waals surface area contributed by atoms with E-state index in [1.807, 2.05) is 0 Å². The van der Waals surface area contributed by atoms with Crippen LogP contribution in [0.1, 0.15) is 5.69 Å². The molecule has 0 aromatic carbocycles. The van der Waals surface area contributed by atoms with Gasteiger partial charge in [0.1, 0.15) is 6.20 Å². The molecule has 0 unspecified atom stereocenters. The molecule has 7 nitrogen and oxygen atoms in total. The summed E-state index contributed by atoms with van der Waals surface area (Å²) in [7, 11) is 0. The van der Waals surface area contributed by atoms with Crippen LogP contribution in [0.15, 0.2) is 18.7 Å². The minimum absolute atomic E-state index is 0.0454. The summed E-state index contributed by atoms with van der Waals surface area (Å²) in [5, 5.41) is 14.0. The van der Waals surface area contributed by atoms with Gasteiger partial charge >= 0.3 is 5.00 Å². The summed E-state index contributed by atoms with van der Waals surface area (Å²) in [6.07, 6.45) is 5.38. The predicted molar refractivity (Wildman–Crippen MR) is 59.5 cm³/mol. The van der Waals surface area contributed by atoms with Gasteiger partial charge in [0.2, 0.25) is 0 Å². The zero-order valence-corrected chi connectivity index (χ0v) is 9.03. The summed E-state index contributed by atoms with van der Waals surface area (Å²) >= 11 is 1.03. The lowest BCUT2D eigenvalue weighted by Gasteiger charge is -1.99. The number of anilines is 1. The SMILES string of the molecule is O=[N+]([O-])c1cnc(NCCc2cnc[nH]2)s1. The topological polar surface area (TPSA) is 96.7 Å². The van der Waals surface area contributed by atoms with Crippen molar-refractivity contribution in [2.75, 3.05) is 11.9 Å². The molecule has 2 aromatic heterocycles. The number of nitrogens with one attached hydrogen (secondary N) is 2. The van der Waals surface area contributed by atoms with E-state index in [0.717, 1.165) is 23.5 Å². The first-order valence-electron chi connectivity index (χ1n) is 4.57. The molecule has 0 spiro atoms. The monoisotopic (exact) mass is 239 g/mol. The highest BCUT2D eigenvalue weighted by atomic mass is 32.1. The van der Waals surface area contributed by atoms with Crippen molar-refractivity contribution in [1.82, 2.24) is 15.0 Å². The maximum Gasteiger partial charge on any atom is 0.345 e. The highest BCUT2D eigenvalue weighted by molar-refractivity contribution is 7.18. The van der Waals surface area contributed by atoms with E-state index in [2.05, 4.69) is 20.3 Å². The zero-order chi connectivity index (χ0) is 11.4. The van der Waals surface area contributed by atoms with Gasteiger partial charge in [-0.15, -0.1) is 0 Å². The Kier molecular flexibility index (Phi) is 3.10. The van der Waals surface area contributed by atoms with Crippen molar-refractivity contribution in [3.8, 4) is 0 Å². The summed E-state index contributed by atoms with van der Waals surface area (Å²) in [5.41, 5.74) is 1.01. The molecule has 84 valence electrons. The molecule has 0 aliphatic heterocycles. The van der Waals surface area contributed by atoms with Crippen LogP contribution in [0.2, 0.25) is 0 Å². The van der Waals surface area contributed by atoms with Gasteiger partial charge in [-0.1, -0.05) is 0 Å². The van der Waals surface area contributed by atoms with Crippen LogP contribution in [0.5, 0.6) is 0 Å². The van der Waals surface area contributed by atoms with E-state index in [-0.39, 0.29) is 5.00 Å². The van der Waals surface area contributed by atoms with Crippen LogP contribution in [0.4, 0.5) is 10.1 Å². The molecular formula is C8H9N5O2S. The number of nitrogens with zero attached hydrogens (tertiary/aromatic N) is 3. The first-order valence-corrected chi connectivity index (χ1v) is 5.38. The van der Waals surface area contributed by atoms with Gasteiger partial charge in [0, 0.05) is 24.9 Å². The standard InChI is InChI=1S/C8H9N5O2S/c14-13(15)7-4-11-8(16-7)10-2-1-6-3-9-5-12-6/h3-5H,1-2H2,(H,9,12)(H,10,11). The van der Waals surface area contributed by atoms with Crippen molar-refractivity contribution >= 4 is 21.5 Å². The van der Waals surface area contributed by atoms with E-state index >= 15 is 0 Å². The maximum absolute atomic E-state index is 10.4. The summed E-state index contributed by atoms with van der Waals surface area (Å²) in [5.74, 6) is 0. The van der Waals surface area contributed by atoms with Gasteiger partial charge in [-0.2, -0.15) is 0 Å². The first-order chi connectivity index (χ1) is 7.75. The van der Waals surface area contributed by atoms with E-state index in [0.29, 0.717) is 11.7 Å². The van der Waals surface area contributed by atoms with Crippen molar-refractivity contribution in [2.45, 2.75) is 6.42 Å². The van der Waals surface area contributed by atoms with E-state index in [1.54, 1.807) is 12.5 Å². The molecule has 0 saturated carbocycles. The molecule has 8 heteroatoms. The molecule has 0 amide bonds. The van der Waals surface area contributed by atoms with E-state index in [4.69, 9.17) is 0 Å². The van der Waals surface area contributed by atoms with Crippen LogP contribution < -0.4 is 5.32 Å². The number of rotatable bonds is 5. The second-order valence-corrected chi connectivity index (χ2v) is 4.02. The number of aromatic nitrogens is 3. The molecule has 2 N–H and O–H groups in total. The Morgan fingerprint density at radius 3 is 3.06 bits per heavy atom. The molecule has 2 heterocycles. The third kappa shape index (κ3) is 2.54. The molecule has 0 fully saturated rings. The van der Waals surface area contributed by atoms with Crippen molar-refractivity contribution < 1.29 is 4.92 Å². The molecule has 0 aliphatic rings. The van der Waals surface area contributed by atoms with E-state index in [1.165, 1.54) is 6.20 Å². The average Bonchev–Trinajstić information content (AvgIpc) is 2.87. The highest BCUT2D eigenvalue weighted by Crippen LogP contribution is 2.24. The van der Waals surface area contributed by atoms with Gasteiger partial charge in [0.25, 0.3) is 0 Å². The van der Waals surface area contributed by atoms with Crippen LogP contribution in [-0.4, -0.2) is 26.4 Å². The fraction of sp³-hybridized carbons (Fsp3) is 0.250. The third-order valence-corrected chi connectivity index (χ3v) is 2.81. The second kappa shape index (κ2) is 4.71. The molecule has 16 heavy (non-hydrogen) atoms. The Morgan fingerprint density at radius 1 is 1.56 bits per heavy atom. The van der Waals surface area contributed by atoms with Gasteiger partial charge in [0.15, 0.2) is 5.13 Å². The summed E-state index contributed by atoms with van der Waals surface area (Å²) in [4.78, 5) is 20.7. The predicted octanol–water partition coefficient (Wildman–Crippen LogP) is 1.43. The number of hydrogen-bond acceptors (Lipinski definition) is 6. The van der Waals surface area contributed by atoms with Gasteiger partial charge < -0.3 is 10.3 Å². The normalized spacial score (nSPS) is 10.2. The number of nitro groups is 1. The minimum Gasteiger partial charge on any atom is -0.361 e. The smallest absolute Gasteiger partial charge is 0.345 e. The number of H-pyrrole nitrogens is 1. The third-order valence-electron chi connectivity index (χ3n) is 1.90. The second-order valence-electron chi connectivity index (χ2n) is 3.01. The van der Waals surface area contributed by atoms with Crippen LogP contribution in [0.25, 0.3) is 0 Å². The summed E-state index contributed by atoms with van der Waals surface area (Å²) in [6.45, 7) is 0.660. The quantitative estimate of drug-likeness (QED) is 0.607. The molecule has 0 bridgehead atoms. The lowest BCUT2D eigenvalue weighted by Crippen LogP contribution is -2.04. The van der Waals surface area contributed by atoms with Crippen molar-refractivity contribution in [3.05, 3.63) is 34.5 Å². The molecule has 0 radical (unpaired) electrons. The Hall–Kier alpha value is -1.96. The lowest BCUT2D eigenvalue weighted by molar-refractivity contribution is -0.380. The van der Waals surface area contributed by atoms with E-state index < -0.39 is 4.92 Å². The Balaban J connectivity index is 1.83. The van der Waals surface area contributed by atoms with Crippen molar-refractivity contribution in [1.29, 1.82) is 0 Å². The zero-order valence-electron chi connectivity index (χ0n) is 8.21. The number of aromatic amines is 1. The van der Waals surface area contributed by atoms with E-state index in [9.17, 15) is 10.1 Å². The maximum atomic E-state index is 10.4. The van der Waals surface area contributed by atoms with Crippen LogP contribution in [0, 0.1) is 10.1 Å². The molecular weight excluding hydrogens is 230 g/mol. The van der Waals surface area contributed by atoms with Crippen molar-refractivity contribution in [3.63, 3.8) is 0 Å². The number of imidazole rings is 1. The molecule has 2 rings (SSSR count). The van der Waals surface area contributed by atoms with Crippen LogP contribution in [0.3, 0.4) is 0 Å². The average molecular weight is 239 g/mol. The Morgan fingerprint density at radius 2 is 2.44 bits per heavy atom. The van der Waals surface area contributed by atoms with Crippen LogP contribution in [-0.2, 0) is 6.42 Å². The van der Waals surface area contributed by atoms with Gasteiger partial charge in [0.05, 0.1) is 11.3 Å². The number of hydrogen-bond donors (Lipinski definition) is 2. The Bertz CT molecular complexity index is 466. The molecule has 2 aromatic rings. The fourth-order valence-corrected chi connectivity index (χ4v) is 1.81. The number of thiazole rings is 1. The molecule has 0 aliphatic carbocycles.